The quantitative estimate of drug-likeness (QED) is 0.623. The zero-order valence-corrected chi connectivity index (χ0v) is 18.4. The highest BCUT2D eigenvalue weighted by Crippen LogP contribution is 2.41. The van der Waals surface area contributed by atoms with Crippen molar-refractivity contribution in [2.24, 2.45) is 0 Å². The third-order valence-electron chi connectivity index (χ3n) is 4.75. The van der Waals surface area contributed by atoms with Crippen LogP contribution in [0.5, 0.6) is 17.2 Å². The van der Waals surface area contributed by atoms with Crippen molar-refractivity contribution in [3.8, 4) is 28.5 Å². The van der Waals surface area contributed by atoms with Crippen molar-refractivity contribution in [3.63, 3.8) is 0 Å². The number of hydrogen-bond donors (Lipinski definition) is 0. The van der Waals surface area contributed by atoms with Crippen LogP contribution in [-0.2, 0) is 11.3 Å². The van der Waals surface area contributed by atoms with Crippen molar-refractivity contribution in [3.05, 3.63) is 49.2 Å². The second-order valence-electron chi connectivity index (χ2n) is 7.24. The number of hydrogen-bond acceptors (Lipinski definition) is 6. The van der Waals surface area contributed by atoms with Crippen LogP contribution in [0, 0.1) is 0 Å². The molecular weight excluding hydrogens is 380 g/mol. The number of aromatic nitrogens is 1. The van der Waals surface area contributed by atoms with Gasteiger partial charge in [-0.25, -0.2) is 0 Å². The molecule has 1 aliphatic heterocycles. The summed E-state index contributed by atoms with van der Waals surface area (Å²) in [4.78, 5) is 18.3. The second kappa shape index (κ2) is 11.4. The van der Waals surface area contributed by atoms with E-state index < -0.39 is 0 Å². The van der Waals surface area contributed by atoms with Crippen LogP contribution in [0.2, 0.25) is 0 Å². The van der Waals surface area contributed by atoms with Crippen molar-refractivity contribution in [1.82, 2.24) is 9.88 Å². The Labute approximate surface area is 179 Å². The Morgan fingerprint density at radius 2 is 1.67 bits per heavy atom. The van der Waals surface area contributed by atoms with Crippen LogP contribution in [-0.4, -0.2) is 49.1 Å². The number of piperidine rings is 1. The highest BCUT2D eigenvalue weighted by Gasteiger charge is 2.18. The molecule has 0 spiro atoms. The van der Waals surface area contributed by atoms with Gasteiger partial charge >= 0.3 is 0 Å². The lowest BCUT2D eigenvalue weighted by Crippen LogP contribution is -2.33. The molecule has 162 valence electrons. The van der Waals surface area contributed by atoms with Crippen molar-refractivity contribution in [1.29, 1.82) is 0 Å². The van der Waals surface area contributed by atoms with Crippen LogP contribution in [0.3, 0.4) is 0 Å². The minimum atomic E-state index is 0.00604. The van der Waals surface area contributed by atoms with Crippen molar-refractivity contribution in [2.75, 3.05) is 27.3 Å². The van der Waals surface area contributed by atoms with Crippen LogP contribution >= 0.6 is 0 Å². The monoisotopic (exact) mass is 412 g/mol. The van der Waals surface area contributed by atoms with Gasteiger partial charge < -0.3 is 14.2 Å². The molecule has 0 N–H and O–H groups in total. The van der Waals surface area contributed by atoms with Crippen molar-refractivity contribution < 1.29 is 19.0 Å². The summed E-state index contributed by atoms with van der Waals surface area (Å²) in [6, 6.07) is 7.94. The molecule has 0 saturated carbocycles. The summed E-state index contributed by atoms with van der Waals surface area (Å²) in [7, 11) is 3.24. The van der Waals surface area contributed by atoms with E-state index in [9.17, 15) is 4.79 Å². The van der Waals surface area contributed by atoms with E-state index in [0.29, 0.717) is 35.9 Å². The number of pyridine rings is 1. The Kier molecular flexibility index (Phi) is 8.87. The number of benzene rings is 1. The molecule has 1 aliphatic rings. The summed E-state index contributed by atoms with van der Waals surface area (Å²) < 4.78 is 17.0. The van der Waals surface area contributed by atoms with Gasteiger partial charge in [0.15, 0.2) is 11.5 Å². The number of ether oxygens (including phenoxy) is 3. The highest BCUT2D eigenvalue weighted by atomic mass is 16.5. The minimum absolute atomic E-state index is 0.00604. The molecule has 2 heterocycles. The van der Waals surface area contributed by atoms with Crippen LogP contribution in [0.25, 0.3) is 11.3 Å². The van der Waals surface area contributed by atoms with Gasteiger partial charge in [0.2, 0.25) is 5.75 Å². The molecule has 1 aromatic carbocycles. The summed E-state index contributed by atoms with van der Waals surface area (Å²) >= 11 is 0. The maximum absolute atomic E-state index is 11.4. The molecule has 6 nitrogen and oxygen atoms in total. The Morgan fingerprint density at radius 1 is 1.07 bits per heavy atom. The minimum Gasteiger partial charge on any atom is -0.493 e. The lowest BCUT2D eigenvalue weighted by atomic mass is 10.1. The number of carbonyl (C=O) groups excluding carboxylic acids is 1. The first kappa shape index (κ1) is 23.4. The maximum atomic E-state index is 11.4. The Morgan fingerprint density at radius 3 is 2.20 bits per heavy atom. The molecule has 0 aliphatic carbocycles. The highest BCUT2D eigenvalue weighted by molar-refractivity contribution is 5.79. The Balaban J connectivity index is 0.00000155. The van der Waals surface area contributed by atoms with Crippen molar-refractivity contribution >= 4 is 5.78 Å². The number of Topliss-reactive ketones (excluding diaryl/α,β-unsaturated/α-hetero) is 1. The Hall–Kier alpha value is -2.86. The third-order valence-corrected chi connectivity index (χ3v) is 4.75. The summed E-state index contributed by atoms with van der Waals surface area (Å²) in [5, 5.41) is 0. The van der Waals surface area contributed by atoms with Gasteiger partial charge in [-0.1, -0.05) is 0 Å². The molecule has 0 bridgehead atoms. The molecule has 3 rings (SSSR count). The molecule has 6 heteroatoms. The number of rotatable bonds is 7. The summed E-state index contributed by atoms with van der Waals surface area (Å²) in [5.74, 6) is 2.18. The predicted molar refractivity (Wildman–Crippen MR) is 119 cm³/mol. The molecule has 0 amide bonds. The van der Waals surface area contributed by atoms with E-state index in [0.717, 1.165) is 30.9 Å². The molecular formula is C24H32N2O4. The lowest BCUT2D eigenvalue weighted by molar-refractivity contribution is -0.121. The predicted octanol–water partition coefficient (Wildman–Crippen LogP) is 4.52. The molecule has 1 aromatic heterocycles. The largest absolute Gasteiger partial charge is 0.493 e. The third kappa shape index (κ3) is 6.07. The standard InChI is InChI=1S/C22H28N2O4.C2H4/c1-15(2)28-22-20(26-3)12-17(13-21(22)27-4)19-11-16(5-8-23-19)14-24-9-6-18(25)7-10-24;1-2/h5,8,11-13,15H,6-7,9-10,14H2,1-4H3;1-2H2. The first-order chi connectivity index (χ1) is 14.5. The fraction of sp³-hybridized carbons (Fsp3) is 0.417. The van der Waals surface area contributed by atoms with E-state index in [1.54, 1.807) is 14.2 Å². The lowest BCUT2D eigenvalue weighted by Gasteiger charge is -2.25. The number of carbonyl (C=O) groups is 1. The number of ketones is 1. The summed E-state index contributed by atoms with van der Waals surface area (Å²) in [5.41, 5.74) is 2.92. The number of methoxy groups -OCH3 is 2. The molecule has 0 radical (unpaired) electrons. The second-order valence-corrected chi connectivity index (χ2v) is 7.24. The molecule has 1 saturated heterocycles. The Bertz CT molecular complexity index is 816. The summed E-state index contributed by atoms with van der Waals surface area (Å²) in [6.07, 6.45) is 3.11. The smallest absolute Gasteiger partial charge is 0.203 e. The summed E-state index contributed by atoms with van der Waals surface area (Å²) in [6.45, 7) is 12.4. The van der Waals surface area contributed by atoms with E-state index in [4.69, 9.17) is 14.2 Å². The fourth-order valence-corrected chi connectivity index (χ4v) is 3.33. The zero-order chi connectivity index (χ0) is 22.1. The van der Waals surface area contributed by atoms with Gasteiger partial charge in [0.1, 0.15) is 5.78 Å². The molecule has 30 heavy (non-hydrogen) atoms. The SMILES string of the molecule is C=C.COc1cc(-c2cc(CN3CCC(=O)CC3)ccn2)cc(OC)c1OC(C)C. The number of likely N-dealkylation sites (tertiary alicyclic amines) is 1. The van der Waals surface area contributed by atoms with Gasteiger partial charge in [-0.3, -0.25) is 14.7 Å². The van der Waals surface area contributed by atoms with Crippen LogP contribution in [0.15, 0.2) is 43.6 Å². The van der Waals surface area contributed by atoms with E-state index in [1.165, 1.54) is 5.56 Å². The van der Waals surface area contributed by atoms with Gasteiger partial charge in [0.05, 0.1) is 26.0 Å². The average Bonchev–Trinajstić information content (AvgIpc) is 2.76. The van der Waals surface area contributed by atoms with Gasteiger partial charge in [0.25, 0.3) is 0 Å². The maximum Gasteiger partial charge on any atom is 0.203 e. The zero-order valence-electron chi connectivity index (χ0n) is 18.4. The first-order valence-electron chi connectivity index (χ1n) is 10.1. The van der Waals surface area contributed by atoms with E-state index in [-0.39, 0.29) is 6.10 Å². The fourth-order valence-electron chi connectivity index (χ4n) is 3.33. The normalized spacial score (nSPS) is 14.1. The van der Waals surface area contributed by atoms with Gasteiger partial charge in [0, 0.05) is 44.2 Å². The van der Waals surface area contributed by atoms with Crippen LogP contribution in [0.4, 0.5) is 0 Å². The molecule has 1 fully saturated rings. The van der Waals surface area contributed by atoms with Crippen molar-refractivity contribution in [2.45, 2.75) is 39.3 Å². The van der Waals surface area contributed by atoms with E-state index in [1.807, 2.05) is 38.2 Å². The number of nitrogens with zero attached hydrogens (tertiary/aromatic N) is 2. The molecule has 0 unspecified atom stereocenters. The molecule has 2 aromatic rings. The molecule has 0 atom stereocenters. The van der Waals surface area contributed by atoms with E-state index in [2.05, 4.69) is 29.1 Å². The van der Waals surface area contributed by atoms with Gasteiger partial charge in [-0.05, 0) is 43.7 Å². The topological polar surface area (TPSA) is 60.9 Å². The van der Waals surface area contributed by atoms with E-state index >= 15 is 0 Å². The van der Waals surface area contributed by atoms with Crippen LogP contribution < -0.4 is 14.2 Å². The van der Waals surface area contributed by atoms with Gasteiger partial charge in [-0.2, -0.15) is 0 Å². The van der Waals surface area contributed by atoms with Crippen LogP contribution in [0.1, 0.15) is 32.3 Å². The first-order valence-corrected chi connectivity index (χ1v) is 10.1. The average molecular weight is 413 g/mol. The van der Waals surface area contributed by atoms with Gasteiger partial charge in [-0.15, -0.1) is 13.2 Å².